The summed E-state index contributed by atoms with van der Waals surface area (Å²) in [4.78, 5) is 4.47. The largest absolute Gasteiger partial charge is 0.497 e. The first-order chi connectivity index (χ1) is 8.88. The van der Waals surface area contributed by atoms with Crippen molar-refractivity contribution in [3.8, 4) is 16.9 Å². The lowest BCUT2D eigenvalue weighted by Gasteiger charge is -2.07. The van der Waals surface area contributed by atoms with E-state index < -0.39 is 0 Å². The summed E-state index contributed by atoms with van der Waals surface area (Å²) in [6.07, 6.45) is 1.83. The van der Waals surface area contributed by atoms with E-state index in [-0.39, 0.29) is 0 Å². The highest BCUT2D eigenvalue weighted by Crippen LogP contribution is 2.29. The molecule has 0 unspecified atom stereocenters. The number of nitrogens with zero attached hydrogens (tertiary/aromatic N) is 1. The van der Waals surface area contributed by atoms with Crippen LogP contribution in [0.2, 0.25) is 0 Å². The summed E-state index contributed by atoms with van der Waals surface area (Å²) in [5.74, 6) is 0.862. The molecule has 3 rings (SSSR count). The molecule has 0 atom stereocenters. The van der Waals surface area contributed by atoms with Crippen LogP contribution in [0.5, 0.6) is 5.75 Å². The highest BCUT2D eigenvalue weighted by atomic mass is 16.5. The van der Waals surface area contributed by atoms with Crippen LogP contribution in [0, 0.1) is 0 Å². The molecule has 1 aromatic heterocycles. The van der Waals surface area contributed by atoms with Crippen molar-refractivity contribution >= 4 is 10.9 Å². The molecule has 2 nitrogen and oxygen atoms in total. The van der Waals surface area contributed by atoms with Crippen LogP contribution in [0.25, 0.3) is 22.0 Å². The fourth-order valence-electron chi connectivity index (χ4n) is 2.13. The second-order valence-electron chi connectivity index (χ2n) is 4.11. The average Bonchev–Trinajstić information content (AvgIpc) is 2.47. The van der Waals surface area contributed by atoms with E-state index in [1.54, 1.807) is 7.11 Å². The van der Waals surface area contributed by atoms with Gasteiger partial charge in [-0.05, 0) is 23.8 Å². The Labute approximate surface area is 106 Å². The smallest absolute Gasteiger partial charge is 0.119 e. The van der Waals surface area contributed by atoms with Crippen LogP contribution in [0.3, 0.4) is 0 Å². The van der Waals surface area contributed by atoms with Crippen LogP contribution >= 0.6 is 0 Å². The summed E-state index contributed by atoms with van der Waals surface area (Å²) >= 11 is 0. The van der Waals surface area contributed by atoms with Gasteiger partial charge in [-0.25, -0.2) is 0 Å². The maximum atomic E-state index is 5.27. The molecule has 0 fully saturated rings. The van der Waals surface area contributed by atoms with Gasteiger partial charge in [0.2, 0.25) is 0 Å². The van der Waals surface area contributed by atoms with E-state index in [2.05, 4.69) is 35.3 Å². The van der Waals surface area contributed by atoms with E-state index in [9.17, 15) is 0 Å². The second-order valence-corrected chi connectivity index (χ2v) is 4.11. The maximum absolute atomic E-state index is 5.27. The summed E-state index contributed by atoms with van der Waals surface area (Å²) in [7, 11) is 1.68. The van der Waals surface area contributed by atoms with Gasteiger partial charge in [0, 0.05) is 17.1 Å². The Hall–Kier alpha value is -2.35. The number of benzene rings is 2. The molecule has 3 aromatic rings. The Bertz CT molecular complexity index is 686. The molecule has 0 saturated carbocycles. The van der Waals surface area contributed by atoms with Gasteiger partial charge < -0.3 is 4.74 Å². The molecule has 18 heavy (non-hydrogen) atoms. The molecule has 2 aromatic carbocycles. The third-order valence-electron chi connectivity index (χ3n) is 3.01. The Kier molecular flexibility index (Phi) is 2.69. The van der Waals surface area contributed by atoms with Gasteiger partial charge >= 0.3 is 0 Å². The number of para-hydroxylation sites is 1. The van der Waals surface area contributed by atoms with Gasteiger partial charge in [0.25, 0.3) is 0 Å². The van der Waals surface area contributed by atoms with Crippen molar-refractivity contribution in [1.82, 2.24) is 4.98 Å². The molecule has 1 heterocycles. The van der Waals surface area contributed by atoms with Crippen molar-refractivity contribution in [2.75, 3.05) is 7.11 Å². The van der Waals surface area contributed by atoms with Gasteiger partial charge in [0.1, 0.15) is 5.75 Å². The summed E-state index contributed by atoms with van der Waals surface area (Å²) in [5, 5.41) is 1.15. The second kappa shape index (κ2) is 4.49. The van der Waals surface area contributed by atoms with Gasteiger partial charge in [-0.1, -0.05) is 36.4 Å². The maximum Gasteiger partial charge on any atom is 0.119 e. The van der Waals surface area contributed by atoms with Gasteiger partial charge in [-0.3, -0.25) is 4.98 Å². The normalized spacial score (nSPS) is 10.5. The number of methoxy groups -OCH3 is 1. The molecule has 0 amide bonds. The van der Waals surface area contributed by atoms with Crippen molar-refractivity contribution in [3.63, 3.8) is 0 Å². The third kappa shape index (κ3) is 1.82. The molecule has 0 bridgehead atoms. The van der Waals surface area contributed by atoms with E-state index in [1.165, 1.54) is 0 Å². The fourth-order valence-corrected chi connectivity index (χ4v) is 2.13. The van der Waals surface area contributed by atoms with E-state index in [4.69, 9.17) is 4.74 Å². The predicted molar refractivity (Wildman–Crippen MR) is 73.7 cm³/mol. The zero-order valence-corrected chi connectivity index (χ0v) is 10.1. The van der Waals surface area contributed by atoms with Crippen LogP contribution < -0.4 is 4.74 Å². The minimum atomic E-state index is 0.862. The zero-order chi connectivity index (χ0) is 12.4. The highest BCUT2D eigenvalue weighted by Gasteiger charge is 2.05. The Balaban J connectivity index is 2.24. The monoisotopic (exact) mass is 235 g/mol. The first-order valence-corrected chi connectivity index (χ1v) is 5.86. The van der Waals surface area contributed by atoms with Gasteiger partial charge in [-0.15, -0.1) is 0 Å². The van der Waals surface area contributed by atoms with E-state index >= 15 is 0 Å². The van der Waals surface area contributed by atoms with Crippen LogP contribution in [0.4, 0.5) is 0 Å². The molecule has 0 spiro atoms. The fraction of sp³-hybridized carbons (Fsp3) is 0.0625. The number of hydrogen-bond donors (Lipinski definition) is 0. The molecule has 0 aliphatic rings. The van der Waals surface area contributed by atoms with E-state index in [0.717, 1.165) is 27.8 Å². The van der Waals surface area contributed by atoms with Gasteiger partial charge in [-0.2, -0.15) is 0 Å². The molecule has 0 radical (unpaired) electrons. The van der Waals surface area contributed by atoms with Crippen molar-refractivity contribution in [1.29, 1.82) is 0 Å². The molecular formula is C16H13NO. The predicted octanol–water partition coefficient (Wildman–Crippen LogP) is 3.91. The summed E-state index contributed by atoms with van der Waals surface area (Å²) < 4.78 is 5.27. The first kappa shape index (κ1) is 10.8. The van der Waals surface area contributed by atoms with E-state index in [1.807, 2.05) is 30.5 Å². The van der Waals surface area contributed by atoms with Crippen LogP contribution in [0.1, 0.15) is 0 Å². The molecule has 0 aliphatic carbocycles. The summed E-state index contributed by atoms with van der Waals surface area (Å²) in [5.41, 5.74) is 3.28. The number of aromatic nitrogens is 1. The lowest BCUT2D eigenvalue weighted by molar-refractivity contribution is 0.415. The number of ether oxygens (including phenoxy) is 1. The Morgan fingerprint density at radius 1 is 0.944 bits per heavy atom. The quantitative estimate of drug-likeness (QED) is 0.671. The molecule has 0 saturated heterocycles. The SMILES string of the molecule is COc1cccc(-c2cccc3cccnc23)c1. The molecular weight excluding hydrogens is 222 g/mol. The van der Waals surface area contributed by atoms with Crippen LogP contribution in [-0.2, 0) is 0 Å². The van der Waals surface area contributed by atoms with Crippen molar-refractivity contribution in [3.05, 3.63) is 60.8 Å². The van der Waals surface area contributed by atoms with E-state index in [0.29, 0.717) is 0 Å². The number of hydrogen-bond acceptors (Lipinski definition) is 2. The van der Waals surface area contributed by atoms with Gasteiger partial charge in [0.05, 0.1) is 12.6 Å². The van der Waals surface area contributed by atoms with Crippen molar-refractivity contribution < 1.29 is 4.74 Å². The van der Waals surface area contributed by atoms with Crippen molar-refractivity contribution in [2.45, 2.75) is 0 Å². The Morgan fingerprint density at radius 2 is 1.78 bits per heavy atom. The lowest BCUT2D eigenvalue weighted by Crippen LogP contribution is -1.86. The Morgan fingerprint density at radius 3 is 2.67 bits per heavy atom. The average molecular weight is 235 g/mol. The number of rotatable bonds is 2. The zero-order valence-electron chi connectivity index (χ0n) is 10.1. The minimum absolute atomic E-state index is 0.862. The topological polar surface area (TPSA) is 22.1 Å². The standard InChI is InChI=1S/C16H13NO/c1-18-14-8-2-6-13(11-14)15-9-3-5-12-7-4-10-17-16(12)15/h2-11H,1H3. The first-order valence-electron chi connectivity index (χ1n) is 5.86. The minimum Gasteiger partial charge on any atom is -0.497 e. The summed E-state index contributed by atoms with van der Waals surface area (Å²) in [6, 6.07) is 18.3. The highest BCUT2D eigenvalue weighted by molar-refractivity contribution is 5.93. The summed E-state index contributed by atoms with van der Waals surface area (Å²) in [6.45, 7) is 0. The van der Waals surface area contributed by atoms with Crippen LogP contribution in [-0.4, -0.2) is 12.1 Å². The molecule has 2 heteroatoms. The van der Waals surface area contributed by atoms with Crippen LogP contribution in [0.15, 0.2) is 60.8 Å². The lowest BCUT2D eigenvalue weighted by atomic mass is 10.0. The number of fused-ring (bicyclic) bond motifs is 1. The van der Waals surface area contributed by atoms with Crippen molar-refractivity contribution in [2.24, 2.45) is 0 Å². The molecule has 88 valence electrons. The van der Waals surface area contributed by atoms with Gasteiger partial charge in [0.15, 0.2) is 0 Å². The molecule has 0 N–H and O–H groups in total. The third-order valence-corrected chi connectivity index (χ3v) is 3.01. The molecule has 0 aliphatic heterocycles. The number of pyridine rings is 1.